The molecule has 1 heterocycles. The fraction of sp³-hybridized carbons (Fsp3) is 0.545. The highest BCUT2D eigenvalue weighted by atomic mass is 79.9. The summed E-state index contributed by atoms with van der Waals surface area (Å²) in [5.41, 5.74) is 6.54. The van der Waals surface area contributed by atoms with E-state index in [0.29, 0.717) is 17.6 Å². The van der Waals surface area contributed by atoms with E-state index in [-0.39, 0.29) is 0 Å². The van der Waals surface area contributed by atoms with Crippen molar-refractivity contribution < 1.29 is 0 Å². The molecule has 0 aliphatic heterocycles. The predicted octanol–water partition coefficient (Wildman–Crippen LogP) is 3.27. The van der Waals surface area contributed by atoms with Crippen molar-refractivity contribution in [3.8, 4) is 0 Å². The van der Waals surface area contributed by atoms with Crippen molar-refractivity contribution >= 4 is 27.4 Å². The summed E-state index contributed by atoms with van der Waals surface area (Å²) >= 11 is 3.33. The van der Waals surface area contributed by atoms with Crippen LogP contribution in [0.2, 0.25) is 0 Å². The van der Waals surface area contributed by atoms with E-state index in [2.05, 4.69) is 47.0 Å². The van der Waals surface area contributed by atoms with Crippen LogP contribution < -0.4 is 11.1 Å². The summed E-state index contributed by atoms with van der Waals surface area (Å²) in [6, 6.07) is 2.24. The van der Waals surface area contributed by atoms with Gasteiger partial charge in [0.1, 0.15) is 5.82 Å². The van der Waals surface area contributed by atoms with Gasteiger partial charge in [0.25, 0.3) is 0 Å². The third-order valence-corrected chi connectivity index (χ3v) is 3.18. The van der Waals surface area contributed by atoms with Crippen molar-refractivity contribution in [3.63, 3.8) is 0 Å². The molecule has 1 aromatic heterocycles. The SMILES string of the molecule is CCC(C)C(C)Nc1ncc(Br)cc1N. The highest BCUT2D eigenvalue weighted by molar-refractivity contribution is 9.10. The van der Waals surface area contributed by atoms with Gasteiger partial charge >= 0.3 is 0 Å². The van der Waals surface area contributed by atoms with Crippen LogP contribution in [-0.4, -0.2) is 11.0 Å². The lowest BCUT2D eigenvalue weighted by molar-refractivity contribution is 0.494. The summed E-state index contributed by atoms with van der Waals surface area (Å²) in [6.45, 7) is 6.55. The summed E-state index contributed by atoms with van der Waals surface area (Å²) < 4.78 is 0.904. The number of pyridine rings is 1. The van der Waals surface area contributed by atoms with Gasteiger partial charge in [0, 0.05) is 16.7 Å². The number of hydrogen-bond acceptors (Lipinski definition) is 3. The minimum atomic E-state index is 0.381. The molecule has 0 aromatic carbocycles. The van der Waals surface area contributed by atoms with Crippen LogP contribution in [0, 0.1) is 5.92 Å². The van der Waals surface area contributed by atoms with Gasteiger partial charge in [-0.3, -0.25) is 0 Å². The van der Waals surface area contributed by atoms with Gasteiger partial charge in [0.05, 0.1) is 5.69 Å². The second-order valence-corrected chi connectivity index (χ2v) is 4.83. The van der Waals surface area contributed by atoms with E-state index in [1.807, 2.05) is 6.07 Å². The van der Waals surface area contributed by atoms with Gasteiger partial charge < -0.3 is 11.1 Å². The van der Waals surface area contributed by atoms with Crippen LogP contribution in [0.4, 0.5) is 11.5 Å². The predicted molar refractivity (Wildman–Crippen MR) is 68.9 cm³/mol. The molecular formula is C11H18BrN3. The molecule has 15 heavy (non-hydrogen) atoms. The average Bonchev–Trinajstić information content (AvgIpc) is 2.20. The number of rotatable bonds is 4. The van der Waals surface area contributed by atoms with Gasteiger partial charge in [-0.15, -0.1) is 0 Å². The van der Waals surface area contributed by atoms with Crippen LogP contribution in [0.3, 0.4) is 0 Å². The van der Waals surface area contributed by atoms with E-state index in [1.165, 1.54) is 0 Å². The molecule has 3 nitrogen and oxygen atoms in total. The molecule has 0 spiro atoms. The highest BCUT2D eigenvalue weighted by Gasteiger charge is 2.11. The molecule has 0 aliphatic rings. The topological polar surface area (TPSA) is 50.9 Å². The zero-order chi connectivity index (χ0) is 11.4. The van der Waals surface area contributed by atoms with Crippen molar-refractivity contribution in [2.45, 2.75) is 33.2 Å². The Labute approximate surface area is 99.6 Å². The van der Waals surface area contributed by atoms with E-state index < -0.39 is 0 Å². The maximum absolute atomic E-state index is 5.86. The third kappa shape index (κ3) is 3.38. The largest absolute Gasteiger partial charge is 0.396 e. The lowest BCUT2D eigenvalue weighted by Crippen LogP contribution is -2.24. The molecule has 3 N–H and O–H groups in total. The number of nitrogens with zero attached hydrogens (tertiary/aromatic N) is 1. The molecular weight excluding hydrogens is 254 g/mol. The van der Waals surface area contributed by atoms with E-state index in [0.717, 1.165) is 16.7 Å². The monoisotopic (exact) mass is 271 g/mol. The second kappa shape index (κ2) is 5.35. The molecule has 0 fully saturated rings. The number of hydrogen-bond donors (Lipinski definition) is 2. The maximum Gasteiger partial charge on any atom is 0.149 e. The maximum atomic E-state index is 5.86. The molecule has 4 heteroatoms. The Kier molecular flexibility index (Phi) is 4.39. The summed E-state index contributed by atoms with van der Waals surface area (Å²) in [5.74, 6) is 1.38. The zero-order valence-corrected chi connectivity index (χ0v) is 11.0. The molecule has 0 amide bonds. The molecule has 0 radical (unpaired) electrons. The standard InChI is InChI=1S/C11H18BrN3/c1-4-7(2)8(3)15-11-10(13)5-9(12)6-14-11/h5-8H,4,13H2,1-3H3,(H,14,15). The van der Waals surface area contributed by atoms with Crippen molar-refractivity contribution in [2.24, 2.45) is 5.92 Å². The van der Waals surface area contributed by atoms with Crippen LogP contribution >= 0.6 is 15.9 Å². The lowest BCUT2D eigenvalue weighted by Gasteiger charge is -2.21. The Morgan fingerprint density at radius 1 is 1.53 bits per heavy atom. The number of aromatic nitrogens is 1. The third-order valence-electron chi connectivity index (χ3n) is 2.75. The first-order valence-corrected chi connectivity index (χ1v) is 6.01. The fourth-order valence-electron chi connectivity index (χ4n) is 1.29. The van der Waals surface area contributed by atoms with Crippen LogP contribution in [0.15, 0.2) is 16.7 Å². The minimum Gasteiger partial charge on any atom is -0.396 e. The van der Waals surface area contributed by atoms with Crippen LogP contribution in [-0.2, 0) is 0 Å². The first kappa shape index (κ1) is 12.3. The molecule has 0 bridgehead atoms. The fourth-order valence-corrected chi connectivity index (χ4v) is 1.64. The zero-order valence-electron chi connectivity index (χ0n) is 9.42. The molecule has 0 aliphatic carbocycles. The van der Waals surface area contributed by atoms with Crippen molar-refractivity contribution in [1.29, 1.82) is 0 Å². The molecule has 1 rings (SSSR count). The summed E-state index contributed by atoms with van der Waals surface area (Å²) in [7, 11) is 0. The smallest absolute Gasteiger partial charge is 0.149 e. The summed E-state index contributed by atoms with van der Waals surface area (Å²) in [6.07, 6.45) is 2.90. The Bertz CT molecular complexity index is 328. The first-order chi connectivity index (χ1) is 7.04. The molecule has 1 aromatic rings. The second-order valence-electron chi connectivity index (χ2n) is 3.91. The Balaban J connectivity index is 2.72. The summed E-state index contributed by atoms with van der Waals surface area (Å²) in [4.78, 5) is 4.25. The van der Waals surface area contributed by atoms with Crippen LogP contribution in [0.5, 0.6) is 0 Å². The minimum absolute atomic E-state index is 0.381. The number of halogens is 1. The van der Waals surface area contributed by atoms with Gasteiger partial charge in [0.15, 0.2) is 0 Å². The molecule has 84 valence electrons. The number of anilines is 2. The van der Waals surface area contributed by atoms with Gasteiger partial charge in [0.2, 0.25) is 0 Å². The van der Waals surface area contributed by atoms with Gasteiger partial charge in [-0.1, -0.05) is 20.3 Å². The van der Waals surface area contributed by atoms with Gasteiger partial charge in [-0.2, -0.15) is 0 Å². The van der Waals surface area contributed by atoms with E-state index >= 15 is 0 Å². The summed E-state index contributed by atoms with van der Waals surface area (Å²) in [5, 5.41) is 3.33. The molecule has 2 atom stereocenters. The van der Waals surface area contributed by atoms with Crippen molar-refractivity contribution in [2.75, 3.05) is 11.1 Å². The highest BCUT2D eigenvalue weighted by Crippen LogP contribution is 2.22. The molecule has 0 saturated carbocycles. The van der Waals surface area contributed by atoms with E-state index in [4.69, 9.17) is 5.73 Å². The Morgan fingerprint density at radius 2 is 2.20 bits per heavy atom. The Morgan fingerprint density at radius 3 is 2.73 bits per heavy atom. The molecule has 0 saturated heterocycles. The quantitative estimate of drug-likeness (QED) is 0.884. The normalized spacial score (nSPS) is 14.7. The Hall–Kier alpha value is -0.770. The molecule has 2 unspecified atom stereocenters. The first-order valence-electron chi connectivity index (χ1n) is 5.22. The number of nitrogens with two attached hydrogens (primary N) is 1. The van der Waals surface area contributed by atoms with Crippen LogP contribution in [0.1, 0.15) is 27.2 Å². The van der Waals surface area contributed by atoms with E-state index in [9.17, 15) is 0 Å². The average molecular weight is 272 g/mol. The van der Waals surface area contributed by atoms with E-state index in [1.54, 1.807) is 6.20 Å². The number of nitrogen functional groups attached to an aromatic ring is 1. The lowest BCUT2D eigenvalue weighted by atomic mass is 10.0. The van der Waals surface area contributed by atoms with Crippen LogP contribution in [0.25, 0.3) is 0 Å². The van der Waals surface area contributed by atoms with Gasteiger partial charge in [-0.05, 0) is 34.8 Å². The van der Waals surface area contributed by atoms with Crippen molar-refractivity contribution in [3.05, 3.63) is 16.7 Å². The van der Waals surface area contributed by atoms with Crippen molar-refractivity contribution in [1.82, 2.24) is 4.98 Å². The van der Waals surface area contributed by atoms with Gasteiger partial charge in [-0.25, -0.2) is 4.98 Å². The number of nitrogens with one attached hydrogen (secondary N) is 1.